The number of hydrogen-bond donors (Lipinski definition) is 2. The highest BCUT2D eigenvalue weighted by atomic mass is 16.5. The van der Waals surface area contributed by atoms with Gasteiger partial charge in [-0.25, -0.2) is 4.79 Å². The number of ether oxygens (including phenoxy) is 2. The lowest BCUT2D eigenvalue weighted by Crippen LogP contribution is -2.36. The summed E-state index contributed by atoms with van der Waals surface area (Å²) in [4.78, 5) is 12.0. The fourth-order valence-electron chi connectivity index (χ4n) is 2.36. The second-order valence-electron chi connectivity index (χ2n) is 5.65. The van der Waals surface area contributed by atoms with E-state index in [9.17, 15) is 4.79 Å². The molecule has 0 bridgehead atoms. The van der Waals surface area contributed by atoms with Crippen molar-refractivity contribution in [1.29, 1.82) is 0 Å². The maximum atomic E-state index is 12.0. The van der Waals surface area contributed by atoms with Crippen LogP contribution in [-0.2, 0) is 0 Å². The second-order valence-corrected chi connectivity index (χ2v) is 5.65. The number of anilines is 1. The number of urea groups is 1. The van der Waals surface area contributed by atoms with Crippen LogP contribution >= 0.6 is 0 Å². The van der Waals surface area contributed by atoms with Gasteiger partial charge in [-0.15, -0.1) is 0 Å². The van der Waals surface area contributed by atoms with Gasteiger partial charge in [-0.3, -0.25) is 0 Å². The van der Waals surface area contributed by atoms with Crippen molar-refractivity contribution < 1.29 is 14.3 Å². The molecule has 1 unspecified atom stereocenters. The summed E-state index contributed by atoms with van der Waals surface area (Å²) in [5.74, 6) is 1.28. The van der Waals surface area contributed by atoms with E-state index in [-0.39, 0.29) is 12.1 Å². The Hall–Kier alpha value is -1.91. The summed E-state index contributed by atoms with van der Waals surface area (Å²) in [6.45, 7) is 6.68. The monoisotopic (exact) mass is 322 g/mol. The number of benzene rings is 1. The zero-order valence-electron chi connectivity index (χ0n) is 14.8. The minimum atomic E-state index is -0.194. The molecule has 0 saturated carbocycles. The molecule has 0 aromatic heterocycles. The van der Waals surface area contributed by atoms with Crippen LogP contribution in [0, 0.1) is 0 Å². The molecular weight excluding hydrogens is 292 g/mol. The van der Waals surface area contributed by atoms with Gasteiger partial charge < -0.3 is 20.1 Å². The standard InChI is InChI=1S/C18H30N2O3/c1-5-7-8-9-10-14(3)19-18(21)20-15-11-12-16(22-4)17(13-15)23-6-2/h11-14H,5-10H2,1-4H3,(H2,19,20,21). The summed E-state index contributed by atoms with van der Waals surface area (Å²) in [5, 5.41) is 5.80. The van der Waals surface area contributed by atoms with Crippen molar-refractivity contribution in [3.63, 3.8) is 0 Å². The van der Waals surface area contributed by atoms with Crippen LogP contribution in [0.15, 0.2) is 18.2 Å². The fourth-order valence-corrected chi connectivity index (χ4v) is 2.36. The first kappa shape index (κ1) is 19.1. The third kappa shape index (κ3) is 7.26. The van der Waals surface area contributed by atoms with Gasteiger partial charge in [-0.1, -0.05) is 32.6 Å². The van der Waals surface area contributed by atoms with E-state index in [0.717, 1.165) is 12.8 Å². The van der Waals surface area contributed by atoms with Crippen molar-refractivity contribution in [3.05, 3.63) is 18.2 Å². The highest BCUT2D eigenvalue weighted by Gasteiger charge is 2.10. The average Bonchev–Trinajstić information content (AvgIpc) is 2.52. The molecule has 0 fully saturated rings. The molecule has 0 heterocycles. The van der Waals surface area contributed by atoms with Crippen molar-refractivity contribution in [2.45, 2.75) is 58.9 Å². The zero-order chi connectivity index (χ0) is 17.1. The van der Waals surface area contributed by atoms with Crippen molar-refractivity contribution in [2.24, 2.45) is 0 Å². The number of rotatable bonds is 10. The Labute approximate surface area is 139 Å². The second kappa shape index (κ2) is 10.8. The van der Waals surface area contributed by atoms with Gasteiger partial charge in [0.1, 0.15) is 0 Å². The van der Waals surface area contributed by atoms with E-state index in [1.165, 1.54) is 19.3 Å². The fraction of sp³-hybridized carbons (Fsp3) is 0.611. The highest BCUT2D eigenvalue weighted by molar-refractivity contribution is 5.89. The Morgan fingerprint density at radius 2 is 1.96 bits per heavy atom. The van der Waals surface area contributed by atoms with E-state index in [4.69, 9.17) is 9.47 Å². The van der Waals surface area contributed by atoms with Crippen molar-refractivity contribution in [3.8, 4) is 11.5 Å². The maximum Gasteiger partial charge on any atom is 0.319 e. The topological polar surface area (TPSA) is 59.6 Å². The van der Waals surface area contributed by atoms with Crippen LogP contribution < -0.4 is 20.1 Å². The first-order valence-corrected chi connectivity index (χ1v) is 8.49. The molecule has 0 saturated heterocycles. The predicted octanol–water partition coefficient (Wildman–Crippen LogP) is 4.57. The molecule has 2 N–H and O–H groups in total. The summed E-state index contributed by atoms with van der Waals surface area (Å²) >= 11 is 0. The molecule has 130 valence electrons. The van der Waals surface area contributed by atoms with Crippen molar-refractivity contribution in [1.82, 2.24) is 5.32 Å². The minimum Gasteiger partial charge on any atom is -0.493 e. The molecule has 2 amide bonds. The molecule has 0 aliphatic rings. The molecule has 5 heteroatoms. The highest BCUT2D eigenvalue weighted by Crippen LogP contribution is 2.30. The van der Waals surface area contributed by atoms with E-state index < -0.39 is 0 Å². The van der Waals surface area contributed by atoms with Gasteiger partial charge in [0.15, 0.2) is 11.5 Å². The van der Waals surface area contributed by atoms with Gasteiger partial charge in [-0.05, 0) is 32.4 Å². The molecule has 1 aromatic rings. The van der Waals surface area contributed by atoms with Gasteiger partial charge in [0.25, 0.3) is 0 Å². The summed E-state index contributed by atoms with van der Waals surface area (Å²) in [6.07, 6.45) is 5.85. The van der Waals surface area contributed by atoms with Crippen LogP contribution in [0.2, 0.25) is 0 Å². The number of methoxy groups -OCH3 is 1. The van der Waals surface area contributed by atoms with Crippen LogP contribution in [0.3, 0.4) is 0 Å². The molecule has 23 heavy (non-hydrogen) atoms. The number of carbonyl (C=O) groups is 1. The van der Waals surface area contributed by atoms with E-state index in [1.807, 2.05) is 13.8 Å². The molecule has 0 aliphatic heterocycles. The van der Waals surface area contributed by atoms with Crippen LogP contribution in [0.5, 0.6) is 11.5 Å². The smallest absolute Gasteiger partial charge is 0.319 e. The van der Waals surface area contributed by atoms with Crippen LogP contribution in [-0.4, -0.2) is 25.8 Å². The first-order valence-electron chi connectivity index (χ1n) is 8.49. The molecule has 0 aliphatic carbocycles. The van der Waals surface area contributed by atoms with Crippen molar-refractivity contribution in [2.75, 3.05) is 19.0 Å². The Morgan fingerprint density at radius 1 is 1.17 bits per heavy atom. The zero-order valence-corrected chi connectivity index (χ0v) is 14.8. The molecule has 1 atom stereocenters. The molecule has 0 radical (unpaired) electrons. The summed E-state index contributed by atoms with van der Waals surface area (Å²) in [5.41, 5.74) is 0.685. The summed E-state index contributed by atoms with van der Waals surface area (Å²) in [7, 11) is 1.60. The number of nitrogens with one attached hydrogen (secondary N) is 2. The Bertz CT molecular complexity index is 477. The third-order valence-electron chi connectivity index (χ3n) is 3.59. The van der Waals surface area contributed by atoms with E-state index >= 15 is 0 Å². The number of unbranched alkanes of at least 4 members (excludes halogenated alkanes) is 3. The van der Waals surface area contributed by atoms with Gasteiger partial charge in [-0.2, -0.15) is 0 Å². The normalized spacial score (nSPS) is 11.7. The number of amides is 2. The summed E-state index contributed by atoms with van der Waals surface area (Å²) < 4.78 is 10.7. The van der Waals surface area contributed by atoms with Gasteiger partial charge in [0.05, 0.1) is 13.7 Å². The summed E-state index contributed by atoms with van der Waals surface area (Å²) in [6, 6.07) is 5.33. The van der Waals surface area contributed by atoms with Crippen LogP contribution in [0.4, 0.5) is 10.5 Å². The lowest BCUT2D eigenvalue weighted by molar-refractivity contribution is 0.248. The number of carbonyl (C=O) groups excluding carboxylic acids is 1. The quantitative estimate of drug-likeness (QED) is 0.620. The lowest BCUT2D eigenvalue weighted by atomic mass is 10.1. The maximum absolute atomic E-state index is 12.0. The Morgan fingerprint density at radius 3 is 2.61 bits per heavy atom. The molecule has 1 aromatic carbocycles. The number of hydrogen-bond acceptors (Lipinski definition) is 3. The largest absolute Gasteiger partial charge is 0.493 e. The van der Waals surface area contributed by atoms with E-state index in [0.29, 0.717) is 23.8 Å². The van der Waals surface area contributed by atoms with E-state index in [1.54, 1.807) is 25.3 Å². The Kier molecular flexibility index (Phi) is 8.95. The lowest BCUT2D eigenvalue weighted by Gasteiger charge is -2.15. The van der Waals surface area contributed by atoms with E-state index in [2.05, 4.69) is 17.6 Å². The molecule has 5 nitrogen and oxygen atoms in total. The Balaban J connectivity index is 2.48. The van der Waals surface area contributed by atoms with Crippen molar-refractivity contribution >= 4 is 11.7 Å². The van der Waals surface area contributed by atoms with Crippen LogP contribution in [0.25, 0.3) is 0 Å². The minimum absolute atomic E-state index is 0.163. The van der Waals surface area contributed by atoms with Gasteiger partial charge >= 0.3 is 6.03 Å². The first-order chi connectivity index (χ1) is 11.1. The SMILES string of the molecule is CCCCCCC(C)NC(=O)Nc1ccc(OC)c(OCC)c1. The van der Waals surface area contributed by atoms with Gasteiger partial charge in [0.2, 0.25) is 0 Å². The average molecular weight is 322 g/mol. The molecule has 1 rings (SSSR count). The predicted molar refractivity (Wildman–Crippen MR) is 94.5 cm³/mol. The van der Waals surface area contributed by atoms with Crippen LogP contribution in [0.1, 0.15) is 52.9 Å². The molecule has 0 spiro atoms. The molecular formula is C18H30N2O3. The van der Waals surface area contributed by atoms with Gasteiger partial charge in [0, 0.05) is 17.8 Å². The third-order valence-corrected chi connectivity index (χ3v) is 3.59.